The van der Waals surface area contributed by atoms with Crippen LogP contribution in [0, 0.1) is 0 Å². The zero-order chi connectivity index (χ0) is 20.6. The minimum atomic E-state index is -4.74. The number of carbonyl (C=O) groups excluding carboxylic acids is 1. The van der Waals surface area contributed by atoms with Crippen molar-refractivity contribution >= 4 is 11.9 Å². The zero-order valence-corrected chi connectivity index (χ0v) is 15.3. The van der Waals surface area contributed by atoms with Crippen LogP contribution in [-0.4, -0.2) is 38.7 Å². The van der Waals surface area contributed by atoms with Crippen LogP contribution in [0.25, 0.3) is 0 Å². The first-order valence-electron chi connectivity index (χ1n) is 8.05. The highest BCUT2D eigenvalue weighted by atomic mass is 19.4. The highest BCUT2D eigenvalue weighted by Gasteiger charge is 2.42. The van der Waals surface area contributed by atoms with E-state index < -0.39 is 34.8 Å². The van der Waals surface area contributed by atoms with Crippen molar-refractivity contribution in [3.63, 3.8) is 0 Å². The van der Waals surface area contributed by atoms with E-state index in [0.29, 0.717) is 5.56 Å². The number of alkyl halides is 3. The second-order valence-electron chi connectivity index (χ2n) is 7.15. The number of aromatic carboxylic acids is 1. The second-order valence-corrected chi connectivity index (χ2v) is 7.15. The van der Waals surface area contributed by atoms with Crippen molar-refractivity contribution < 1.29 is 27.9 Å². The molecule has 0 unspecified atom stereocenters. The molecule has 0 aliphatic heterocycles. The molecule has 0 saturated carbocycles. The molecule has 0 saturated heterocycles. The molecular weight excluding hydrogens is 363 g/mol. The molecule has 1 amide bonds. The number of benzene rings is 1. The summed E-state index contributed by atoms with van der Waals surface area (Å²) < 4.78 is 41.5. The SMILES string of the molecule is CN(Cc1ccc(C(=O)O)cc1)C(=O)c1cnn(C(C)(C)C)c1C(F)(F)F. The van der Waals surface area contributed by atoms with Gasteiger partial charge in [-0.3, -0.25) is 9.48 Å². The van der Waals surface area contributed by atoms with Gasteiger partial charge in [0.25, 0.3) is 5.91 Å². The van der Waals surface area contributed by atoms with Crippen LogP contribution < -0.4 is 0 Å². The lowest BCUT2D eigenvalue weighted by molar-refractivity contribution is -0.146. The summed E-state index contributed by atoms with van der Waals surface area (Å²) in [6, 6.07) is 5.76. The van der Waals surface area contributed by atoms with Crippen LogP contribution in [0.2, 0.25) is 0 Å². The van der Waals surface area contributed by atoms with Crippen LogP contribution in [0.1, 0.15) is 52.7 Å². The van der Waals surface area contributed by atoms with E-state index in [9.17, 15) is 22.8 Å². The summed E-state index contributed by atoms with van der Waals surface area (Å²) in [5.74, 6) is -1.91. The minimum absolute atomic E-state index is 0.0245. The predicted octanol–water partition coefficient (Wildman–Crippen LogP) is 3.63. The van der Waals surface area contributed by atoms with Gasteiger partial charge in [-0.25, -0.2) is 4.79 Å². The van der Waals surface area contributed by atoms with Gasteiger partial charge in [-0.15, -0.1) is 0 Å². The molecule has 1 N–H and O–H groups in total. The summed E-state index contributed by atoms with van der Waals surface area (Å²) in [7, 11) is 1.38. The van der Waals surface area contributed by atoms with Gasteiger partial charge in [0.15, 0.2) is 5.69 Å². The normalized spacial score (nSPS) is 12.1. The van der Waals surface area contributed by atoms with Crippen LogP contribution in [0.3, 0.4) is 0 Å². The molecule has 27 heavy (non-hydrogen) atoms. The van der Waals surface area contributed by atoms with E-state index >= 15 is 0 Å². The fourth-order valence-corrected chi connectivity index (χ4v) is 2.59. The Hall–Kier alpha value is -2.84. The number of amides is 1. The Labute approximate surface area is 154 Å². The first kappa shape index (κ1) is 20.5. The Balaban J connectivity index is 2.31. The van der Waals surface area contributed by atoms with E-state index in [4.69, 9.17) is 5.11 Å². The number of hydrogen-bond donors (Lipinski definition) is 1. The molecule has 2 rings (SSSR count). The Morgan fingerprint density at radius 1 is 1.15 bits per heavy atom. The molecule has 0 aliphatic rings. The van der Waals surface area contributed by atoms with Crippen molar-refractivity contribution in [2.24, 2.45) is 0 Å². The molecule has 0 radical (unpaired) electrons. The van der Waals surface area contributed by atoms with Crippen LogP contribution in [0.4, 0.5) is 13.2 Å². The third-order valence-electron chi connectivity index (χ3n) is 3.87. The minimum Gasteiger partial charge on any atom is -0.478 e. The summed E-state index contributed by atoms with van der Waals surface area (Å²) in [6.07, 6.45) is -3.81. The van der Waals surface area contributed by atoms with Crippen molar-refractivity contribution in [1.82, 2.24) is 14.7 Å². The van der Waals surface area contributed by atoms with Crippen LogP contribution in [0.5, 0.6) is 0 Å². The largest absolute Gasteiger partial charge is 0.478 e. The van der Waals surface area contributed by atoms with Gasteiger partial charge in [0, 0.05) is 13.6 Å². The van der Waals surface area contributed by atoms with E-state index in [1.807, 2.05) is 0 Å². The summed E-state index contributed by atoms with van der Waals surface area (Å²) in [4.78, 5) is 24.6. The number of carboxylic acid groups (broad SMARTS) is 1. The highest BCUT2D eigenvalue weighted by Crippen LogP contribution is 2.35. The summed E-state index contributed by atoms with van der Waals surface area (Å²) in [5.41, 5.74) is -1.89. The van der Waals surface area contributed by atoms with Crippen LogP contribution >= 0.6 is 0 Å². The average Bonchev–Trinajstić information content (AvgIpc) is 3.00. The molecule has 1 aromatic carbocycles. The lowest BCUT2D eigenvalue weighted by atomic mass is 10.1. The number of hydrogen-bond acceptors (Lipinski definition) is 3. The maximum atomic E-state index is 13.6. The molecule has 6 nitrogen and oxygen atoms in total. The zero-order valence-electron chi connectivity index (χ0n) is 15.3. The Kier molecular flexibility index (Phi) is 5.35. The molecular formula is C18H20F3N3O3. The Morgan fingerprint density at radius 2 is 1.70 bits per heavy atom. The fraction of sp³-hybridized carbons (Fsp3) is 0.389. The number of nitrogens with zero attached hydrogens (tertiary/aromatic N) is 3. The molecule has 1 aromatic heterocycles. The van der Waals surface area contributed by atoms with Gasteiger partial charge in [-0.05, 0) is 38.5 Å². The highest BCUT2D eigenvalue weighted by molar-refractivity contribution is 5.95. The lowest BCUT2D eigenvalue weighted by Crippen LogP contribution is -2.32. The van der Waals surface area contributed by atoms with Gasteiger partial charge < -0.3 is 10.0 Å². The molecule has 1 heterocycles. The third kappa shape index (κ3) is 4.47. The summed E-state index contributed by atoms with van der Waals surface area (Å²) in [5, 5.41) is 12.7. The van der Waals surface area contributed by atoms with Crippen molar-refractivity contribution in [3.8, 4) is 0 Å². The number of carboxylic acids is 1. The van der Waals surface area contributed by atoms with E-state index in [1.54, 1.807) is 20.8 Å². The standard InChI is InChI=1S/C18H20F3N3O3/c1-17(2,3)24-14(18(19,20)21)13(9-22-24)15(25)23(4)10-11-5-7-12(8-6-11)16(26)27/h5-9H,10H2,1-4H3,(H,26,27). The van der Waals surface area contributed by atoms with Gasteiger partial charge in [-0.2, -0.15) is 18.3 Å². The molecule has 0 atom stereocenters. The first-order chi connectivity index (χ1) is 12.3. The fourth-order valence-electron chi connectivity index (χ4n) is 2.59. The van der Waals surface area contributed by atoms with Gasteiger partial charge in [0.1, 0.15) is 0 Å². The second kappa shape index (κ2) is 7.05. The van der Waals surface area contributed by atoms with Crippen LogP contribution in [0.15, 0.2) is 30.5 Å². The van der Waals surface area contributed by atoms with E-state index in [0.717, 1.165) is 15.8 Å². The number of halogens is 3. The average molecular weight is 383 g/mol. The van der Waals surface area contributed by atoms with E-state index in [-0.39, 0.29) is 12.1 Å². The molecule has 0 aliphatic carbocycles. The predicted molar refractivity (Wildman–Crippen MR) is 91.4 cm³/mol. The van der Waals surface area contributed by atoms with E-state index in [1.165, 1.54) is 31.3 Å². The number of carbonyl (C=O) groups is 2. The lowest BCUT2D eigenvalue weighted by Gasteiger charge is -2.24. The quantitative estimate of drug-likeness (QED) is 0.875. The molecule has 0 bridgehead atoms. The molecule has 9 heteroatoms. The summed E-state index contributed by atoms with van der Waals surface area (Å²) >= 11 is 0. The van der Waals surface area contributed by atoms with Crippen molar-refractivity contribution in [1.29, 1.82) is 0 Å². The van der Waals surface area contributed by atoms with Crippen molar-refractivity contribution in [2.75, 3.05) is 7.05 Å². The van der Waals surface area contributed by atoms with Gasteiger partial charge in [0.2, 0.25) is 0 Å². The first-order valence-corrected chi connectivity index (χ1v) is 8.05. The number of aromatic nitrogens is 2. The molecule has 0 spiro atoms. The maximum absolute atomic E-state index is 13.6. The summed E-state index contributed by atoms with van der Waals surface area (Å²) in [6.45, 7) is 4.72. The molecule has 146 valence electrons. The van der Waals surface area contributed by atoms with Gasteiger partial charge in [0.05, 0.1) is 22.9 Å². The van der Waals surface area contributed by atoms with Gasteiger partial charge in [-0.1, -0.05) is 12.1 Å². The van der Waals surface area contributed by atoms with Crippen molar-refractivity contribution in [3.05, 3.63) is 52.8 Å². The molecule has 2 aromatic rings. The van der Waals surface area contributed by atoms with Crippen LogP contribution in [-0.2, 0) is 18.3 Å². The Morgan fingerprint density at radius 3 is 2.15 bits per heavy atom. The number of rotatable bonds is 4. The Bertz CT molecular complexity index is 849. The maximum Gasteiger partial charge on any atom is 0.433 e. The monoisotopic (exact) mass is 383 g/mol. The third-order valence-corrected chi connectivity index (χ3v) is 3.87. The smallest absolute Gasteiger partial charge is 0.433 e. The molecule has 0 fully saturated rings. The van der Waals surface area contributed by atoms with Gasteiger partial charge >= 0.3 is 12.1 Å². The topological polar surface area (TPSA) is 75.4 Å². The van der Waals surface area contributed by atoms with E-state index in [2.05, 4.69) is 5.10 Å². The van der Waals surface area contributed by atoms with Crippen molar-refractivity contribution in [2.45, 2.75) is 39.0 Å².